The number of hydrogen-bond donors (Lipinski definition) is 2. The monoisotopic (exact) mass is 280 g/mol. The molecule has 5 heteroatoms. The van der Waals surface area contributed by atoms with Gasteiger partial charge in [0.25, 0.3) is 0 Å². The fourth-order valence-electron chi connectivity index (χ4n) is 3.18. The Morgan fingerprint density at radius 1 is 1.35 bits per heavy atom. The van der Waals surface area contributed by atoms with Gasteiger partial charge in [-0.25, -0.2) is 0 Å². The third kappa shape index (κ3) is 3.33. The number of aryl methyl sites for hydroxylation is 1. The van der Waals surface area contributed by atoms with Gasteiger partial charge >= 0.3 is 0 Å². The second kappa shape index (κ2) is 6.59. The predicted octanol–water partition coefficient (Wildman–Crippen LogP) is 1.71. The van der Waals surface area contributed by atoms with Gasteiger partial charge in [0.15, 0.2) is 0 Å². The Morgan fingerprint density at radius 2 is 2.10 bits per heavy atom. The van der Waals surface area contributed by atoms with Gasteiger partial charge in [-0.2, -0.15) is 5.10 Å². The normalized spacial score (nSPS) is 22.1. The van der Waals surface area contributed by atoms with Crippen LogP contribution >= 0.6 is 0 Å². The van der Waals surface area contributed by atoms with E-state index in [1.165, 1.54) is 25.7 Å². The zero-order valence-corrected chi connectivity index (χ0v) is 13.0. The molecule has 1 aromatic rings. The third-order valence-electron chi connectivity index (χ3n) is 4.49. The van der Waals surface area contributed by atoms with Gasteiger partial charge in [0.2, 0.25) is 0 Å². The second-order valence-corrected chi connectivity index (χ2v) is 5.97. The van der Waals surface area contributed by atoms with Crippen LogP contribution in [0, 0.1) is 13.8 Å². The van der Waals surface area contributed by atoms with Crippen molar-refractivity contribution in [1.82, 2.24) is 14.7 Å². The van der Waals surface area contributed by atoms with Crippen LogP contribution in [0.5, 0.6) is 0 Å². The van der Waals surface area contributed by atoms with E-state index in [4.69, 9.17) is 5.73 Å². The summed E-state index contributed by atoms with van der Waals surface area (Å²) < 4.78 is 1.83. The summed E-state index contributed by atoms with van der Waals surface area (Å²) in [6, 6.07) is 0.629. The summed E-state index contributed by atoms with van der Waals surface area (Å²) in [6.07, 6.45) is 4.60. The van der Waals surface area contributed by atoms with Crippen molar-refractivity contribution in [2.24, 2.45) is 0 Å². The first-order chi connectivity index (χ1) is 9.52. The fraction of sp³-hybridized carbons (Fsp3) is 0.800. The number of piperidine rings is 1. The number of aromatic nitrogens is 2. The van der Waals surface area contributed by atoms with E-state index in [0.29, 0.717) is 12.6 Å². The van der Waals surface area contributed by atoms with Crippen molar-refractivity contribution < 1.29 is 5.11 Å². The molecule has 0 amide bonds. The average Bonchev–Trinajstić information content (AvgIpc) is 2.67. The average molecular weight is 280 g/mol. The van der Waals surface area contributed by atoms with Crippen LogP contribution in [0.4, 0.5) is 5.69 Å². The Labute approximate surface area is 121 Å². The molecule has 0 aliphatic carbocycles. The summed E-state index contributed by atoms with van der Waals surface area (Å²) in [5, 5.41) is 14.7. The molecular weight excluding hydrogens is 252 g/mol. The number of nitrogens with two attached hydrogens (primary N) is 1. The standard InChI is InChI=1S/C15H28N4O/c1-4-13-7-5-6-8-18(13)9-14(20)10-19-12(3)15(16)11(2)17-19/h13-14,20H,4-10,16H2,1-3H3. The number of β-amino-alcohol motifs (C(OH)–C–C–N with tert-alkyl or cyclic N) is 1. The van der Waals surface area contributed by atoms with E-state index < -0.39 is 0 Å². The molecule has 0 bridgehead atoms. The van der Waals surface area contributed by atoms with Crippen molar-refractivity contribution in [3.63, 3.8) is 0 Å². The van der Waals surface area contributed by atoms with Gasteiger partial charge in [0.1, 0.15) is 0 Å². The number of nitrogen functional groups attached to an aromatic ring is 1. The van der Waals surface area contributed by atoms with Gasteiger partial charge in [-0.1, -0.05) is 13.3 Å². The molecule has 2 unspecified atom stereocenters. The molecular formula is C15H28N4O. The maximum atomic E-state index is 10.3. The minimum absolute atomic E-state index is 0.389. The molecule has 0 radical (unpaired) electrons. The quantitative estimate of drug-likeness (QED) is 0.861. The number of nitrogens with zero attached hydrogens (tertiary/aromatic N) is 3. The van der Waals surface area contributed by atoms with Crippen LogP contribution in [0.2, 0.25) is 0 Å². The summed E-state index contributed by atoms with van der Waals surface area (Å²) in [6.45, 7) is 8.46. The van der Waals surface area contributed by atoms with Gasteiger partial charge in [-0.15, -0.1) is 0 Å². The number of hydrogen-bond acceptors (Lipinski definition) is 4. The van der Waals surface area contributed by atoms with Crippen LogP contribution in [0.25, 0.3) is 0 Å². The topological polar surface area (TPSA) is 67.3 Å². The highest BCUT2D eigenvalue weighted by Gasteiger charge is 2.23. The van der Waals surface area contributed by atoms with Crippen LogP contribution in [0.15, 0.2) is 0 Å². The van der Waals surface area contributed by atoms with Crippen molar-refractivity contribution in [3.8, 4) is 0 Å². The molecule has 2 rings (SSSR count). The molecule has 0 aromatic carbocycles. The van der Waals surface area contributed by atoms with E-state index in [-0.39, 0.29) is 6.10 Å². The van der Waals surface area contributed by atoms with E-state index in [1.54, 1.807) is 0 Å². The summed E-state index contributed by atoms with van der Waals surface area (Å²) in [5.41, 5.74) is 8.47. The number of anilines is 1. The highest BCUT2D eigenvalue weighted by molar-refractivity contribution is 5.46. The maximum absolute atomic E-state index is 10.3. The Hall–Kier alpha value is -1.07. The van der Waals surface area contributed by atoms with Crippen LogP contribution < -0.4 is 5.73 Å². The van der Waals surface area contributed by atoms with E-state index in [9.17, 15) is 5.11 Å². The Bertz CT molecular complexity index is 443. The Balaban J connectivity index is 1.94. The Kier molecular flexibility index (Phi) is 5.05. The van der Waals surface area contributed by atoms with E-state index in [2.05, 4.69) is 16.9 Å². The lowest BCUT2D eigenvalue weighted by atomic mass is 9.99. The molecule has 20 heavy (non-hydrogen) atoms. The Morgan fingerprint density at radius 3 is 2.70 bits per heavy atom. The lowest BCUT2D eigenvalue weighted by molar-refractivity contribution is 0.0548. The van der Waals surface area contributed by atoms with Crippen LogP contribution in [0.3, 0.4) is 0 Å². The first kappa shape index (κ1) is 15.3. The fourth-order valence-corrected chi connectivity index (χ4v) is 3.18. The van der Waals surface area contributed by atoms with Crippen LogP contribution in [-0.2, 0) is 6.54 Å². The minimum Gasteiger partial charge on any atom is -0.396 e. The molecule has 1 aromatic heterocycles. The highest BCUT2D eigenvalue weighted by atomic mass is 16.3. The summed E-state index contributed by atoms with van der Waals surface area (Å²) in [5.74, 6) is 0. The number of aliphatic hydroxyl groups is 1. The van der Waals surface area contributed by atoms with E-state index in [1.807, 2.05) is 18.5 Å². The van der Waals surface area contributed by atoms with E-state index >= 15 is 0 Å². The SMILES string of the molecule is CCC1CCCCN1CC(O)Cn1nc(C)c(N)c1C. The maximum Gasteiger partial charge on any atom is 0.0862 e. The van der Waals surface area contributed by atoms with Crippen molar-refractivity contribution in [3.05, 3.63) is 11.4 Å². The molecule has 0 spiro atoms. The number of likely N-dealkylation sites (tertiary alicyclic amines) is 1. The predicted molar refractivity (Wildman–Crippen MR) is 81.6 cm³/mol. The zero-order chi connectivity index (χ0) is 14.7. The number of rotatable bonds is 5. The molecule has 1 aliphatic rings. The molecule has 2 atom stereocenters. The van der Waals surface area contributed by atoms with E-state index in [0.717, 1.165) is 30.2 Å². The van der Waals surface area contributed by atoms with Crippen molar-refractivity contribution >= 4 is 5.69 Å². The van der Waals surface area contributed by atoms with Gasteiger partial charge in [-0.3, -0.25) is 9.58 Å². The first-order valence-electron chi connectivity index (χ1n) is 7.74. The van der Waals surface area contributed by atoms with Crippen molar-refractivity contribution in [2.75, 3.05) is 18.8 Å². The second-order valence-electron chi connectivity index (χ2n) is 5.97. The van der Waals surface area contributed by atoms with Crippen molar-refractivity contribution in [2.45, 2.75) is 65.1 Å². The molecule has 2 heterocycles. The van der Waals surface area contributed by atoms with Gasteiger partial charge < -0.3 is 10.8 Å². The summed E-state index contributed by atoms with van der Waals surface area (Å²) in [4.78, 5) is 2.43. The summed E-state index contributed by atoms with van der Waals surface area (Å²) in [7, 11) is 0. The third-order valence-corrected chi connectivity index (χ3v) is 4.49. The molecule has 0 saturated carbocycles. The van der Waals surface area contributed by atoms with Crippen LogP contribution in [-0.4, -0.2) is 45.0 Å². The smallest absolute Gasteiger partial charge is 0.0862 e. The highest BCUT2D eigenvalue weighted by Crippen LogP contribution is 2.20. The zero-order valence-electron chi connectivity index (χ0n) is 13.0. The lowest BCUT2D eigenvalue weighted by Gasteiger charge is -2.36. The minimum atomic E-state index is -0.389. The molecule has 1 aliphatic heterocycles. The number of aliphatic hydroxyl groups excluding tert-OH is 1. The van der Waals surface area contributed by atoms with Crippen molar-refractivity contribution in [1.29, 1.82) is 0 Å². The largest absolute Gasteiger partial charge is 0.396 e. The molecule has 3 N–H and O–H groups in total. The first-order valence-corrected chi connectivity index (χ1v) is 7.74. The lowest BCUT2D eigenvalue weighted by Crippen LogP contribution is -2.44. The van der Waals surface area contributed by atoms with Gasteiger partial charge in [0.05, 0.1) is 29.7 Å². The molecule has 1 saturated heterocycles. The van der Waals surface area contributed by atoms with Gasteiger partial charge in [-0.05, 0) is 39.7 Å². The molecule has 1 fully saturated rings. The van der Waals surface area contributed by atoms with Crippen LogP contribution in [0.1, 0.15) is 44.0 Å². The van der Waals surface area contributed by atoms with Gasteiger partial charge in [0, 0.05) is 12.6 Å². The molecule has 114 valence electrons. The molecule has 5 nitrogen and oxygen atoms in total. The summed E-state index contributed by atoms with van der Waals surface area (Å²) >= 11 is 0.